The van der Waals surface area contributed by atoms with Crippen LogP contribution in [0.2, 0.25) is 0 Å². The molecule has 0 bridgehead atoms. The van der Waals surface area contributed by atoms with Gasteiger partial charge in [-0.25, -0.2) is 9.97 Å². The molecular formula is C33H38N4O2. The predicted octanol–water partition coefficient (Wildman–Crippen LogP) is 6.78. The van der Waals surface area contributed by atoms with E-state index in [0.717, 1.165) is 89.1 Å². The molecule has 39 heavy (non-hydrogen) atoms. The lowest BCUT2D eigenvalue weighted by molar-refractivity contribution is 0.408. The molecule has 0 aliphatic carbocycles. The van der Waals surface area contributed by atoms with Crippen LogP contribution in [-0.2, 0) is 0 Å². The Morgan fingerprint density at radius 1 is 0.538 bits per heavy atom. The van der Waals surface area contributed by atoms with Crippen LogP contribution in [0.5, 0.6) is 11.5 Å². The Balaban J connectivity index is 1.26. The van der Waals surface area contributed by atoms with Crippen LogP contribution in [0.4, 0.5) is 11.6 Å². The van der Waals surface area contributed by atoms with E-state index in [4.69, 9.17) is 19.4 Å². The van der Waals surface area contributed by atoms with Gasteiger partial charge in [0.1, 0.15) is 23.1 Å². The fraction of sp³-hybridized carbons (Fsp3) is 0.333. The summed E-state index contributed by atoms with van der Waals surface area (Å²) in [5.41, 5.74) is 9.13. The van der Waals surface area contributed by atoms with E-state index < -0.39 is 0 Å². The van der Waals surface area contributed by atoms with Gasteiger partial charge in [-0.3, -0.25) is 0 Å². The smallest absolute Gasteiger partial charge is 0.128 e. The molecule has 1 aliphatic heterocycles. The summed E-state index contributed by atoms with van der Waals surface area (Å²) in [6.07, 6.45) is 5.03. The molecule has 0 amide bonds. The van der Waals surface area contributed by atoms with Crippen molar-refractivity contribution in [2.75, 3.05) is 50.2 Å². The van der Waals surface area contributed by atoms with Gasteiger partial charge in [-0.1, -0.05) is 0 Å². The van der Waals surface area contributed by atoms with Gasteiger partial charge in [0, 0.05) is 49.7 Å². The van der Waals surface area contributed by atoms with Crippen molar-refractivity contribution in [2.45, 2.75) is 34.1 Å². The van der Waals surface area contributed by atoms with E-state index in [0.29, 0.717) is 0 Å². The monoisotopic (exact) mass is 522 g/mol. The van der Waals surface area contributed by atoms with E-state index in [9.17, 15) is 0 Å². The Kier molecular flexibility index (Phi) is 7.73. The Labute approximate surface area is 232 Å². The molecule has 6 nitrogen and oxygen atoms in total. The second-order valence-electron chi connectivity index (χ2n) is 10.4. The maximum absolute atomic E-state index is 5.52. The molecule has 1 aliphatic rings. The Morgan fingerprint density at radius 2 is 0.923 bits per heavy atom. The number of aromatic nitrogens is 2. The molecule has 1 fully saturated rings. The number of benzene rings is 2. The first-order valence-corrected chi connectivity index (χ1v) is 13.6. The highest BCUT2D eigenvalue weighted by Gasteiger charge is 2.18. The molecule has 0 spiro atoms. The quantitative estimate of drug-likeness (QED) is 0.278. The van der Waals surface area contributed by atoms with E-state index in [1.165, 1.54) is 11.1 Å². The van der Waals surface area contributed by atoms with Crippen LogP contribution in [0.1, 0.15) is 28.7 Å². The largest absolute Gasteiger partial charge is 0.496 e. The summed E-state index contributed by atoms with van der Waals surface area (Å²) in [6.45, 7) is 12.1. The molecule has 2 aromatic carbocycles. The number of nitrogens with zero attached hydrogens (tertiary/aromatic N) is 4. The molecule has 2 aromatic heterocycles. The number of hydrogen-bond donors (Lipinski definition) is 0. The van der Waals surface area contributed by atoms with Gasteiger partial charge in [0.25, 0.3) is 0 Å². The van der Waals surface area contributed by atoms with Crippen molar-refractivity contribution in [3.05, 3.63) is 83.2 Å². The van der Waals surface area contributed by atoms with E-state index in [-0.39, 0.29) is 0 Å². The molecular weight excluding hydrogens is 484 g/mol. The lowest BCUT2D eigenvalue weighted by Crippen LogP contribution is -2.31. The molecule has 3 heterocycles. The Morgan fingerprint density at radius 3 is 1.23 bits per heavy atom. The maximum atomic E-state index is 5.52. The zero-order valence-electron chi connectivity index (χ0n) is 23.9. The van der Waals surface area contributed by atoms with Crippen LogP contribution in [-0.4, -0.2) is 50.4 Å². The van der Waals surface area contributed by atoms with Gasteiger partial charge in [-0.2, -0.15) is 0 Å². The van der Waals surface area contributed by atoms with Crippen LogP contribution >= 0.6 is 0 Å². The summed E-state index contributed by atoms with van der Waals surface area (Å²) < 4.78 is 11.0. The zero-order chi connectivity index (χ0) is 27.5. The van der Waals surface area contributed by atoms with E-state index >= 15 is 0 Å². The average Bonchev–Trinajstić information content (AvgIpc) is 3.19. The fourth-order valence-electron chi connectivity index (χ4n) is 5.74. The van der Waals surface area contributed by atoms with Gasteiger partial charge in [-0.05, 0) is 116 Å². The SMILES string of the molecule is COc1c(C)cc(-c2ccc(N3CCCN(c4ccc(-c5cc(C)c(OC)c(C)c5)cn4)CC3)nc2)cc1C. The van der Waals surface area contributed by atoms with Crippen molar-refractivity contribution < 1.29 is 9.47 Å². The molecule has 0 N–H and O–H groups in total. The number of anilines is 2. The molecule has 0 radical (unpaired) electrons. The molecule has 0 atom stereocenters. The van der Waals surface area contributed by atoms with Crippen molar-refractivity contribution in [2.24, 2.45) is 0 Å². The van der Waals surface area contributed by atoms with Crippen LogP contribution in [0.3, 0.4) is 0 Å². The number of ether oxygens (including phenoxy) is 2. The molecule has 6 heteroatoms. The summed E-state index contributed by atoms with van der Waals surface area (Å²) in [6, 6.07) is 17.3. The first kappa shape index (κ1) is 26.5. The van der Waals surface area contributed by atoms with Gasteiger partial charge in [0.2, 0.25) is 0 Å². The highest BCUT2D eigenvalue weighted by atomic mass is 16.5. The van der Waals surface area contributed by atoms with Crippen LogP contribution in [0.15, 0.2) is 60.9 Å². The van der Waals surface area contributed by atoms with Gasteiger partial charge < -0.3 is 19.3 Å². The first-order chi connectivity index (χ1) is 18.9. The van der Waals surface area contributed by atoms with Gasteiger partial charge in [0.05, 0.1) is 14.2 Å². The highest BCUT2D eigenvalue weighted by molar-refractivity contribution is 5.69. The minimum atomic E-state index is 0.910. The Bertz CT molecular complexity index is 1290. The molecule has 0 saturated carbocycles. The minimum absolute atomic E-state index is 0.910. The zero-order valence-corrected chi connectivity index (χ0v) is 23.9. The van der Waals surface area contributed by atoms with E-state index in [1.54, 1.807) is 14.2 Å². The molecule has 0 unspecified atom stereocenters. The predicted molar refractivity (Wildman–Crippen MR) is 160 cm³/mol. The summed E-state index contributed by atoms with van der Waals surface area (Å²) in [5, 5.41) is 0. The normalized spacial score (nSPS) is 13.8. The molecule has 4 aromatic rings. The number of pyridine rings is 2. The number of methoxy groups -OCH3 is 2. The highest BCUT2D eigenvalue weighted by Crippen LogP contribution is 2.32. The summed E-state index contributed by atoms with van der Waals surface area (Å²) in [4.78, 5) is 14.4. The summed E-state index contributed by atoms with van der Waals surface area (Å²) >= 11 is 0. The van der Waals surface area contributed by atoms with Gasteiger partial charge in [0.15, 0.2) is 0 Å². The maximum Gasteiger partial charge on any atom is 0.128 e. The Hall–Kier alpha value is -4.06. The molecule has 202 valence electrons. The third-order valence-corrected chi connectivity index (χ3v) is 7.64. The topological polar surface area (TPSA) is 50.7 Å². The van der Waals surface area contributed by atoms with E-state index in [1.807, 2.05) is 12.4 Å². The first-order valence-electron chi connectivity index (χ1n) is 13.6. The standard InChI is InChI=1S/C33H38N4O2/c1-22-16-28(17-23(2)32(22)38-5)26-8-10-30(34-20-26)36-12-7-13-37(15-14-36)31-11-9-27(21-35-31)29-18-24(3)33(39-6)25(4)19-29/h8-11,16-21H,7,12-15H2,1-6H3. The van der Waals surface area contributed by atoms with Gasteiger partial charge >= 0.3 is 0 Å². The van der Waals surface area contributed by atoms with Gasteiger partial charge in [-0.15, -0.1) is 0 Å². The van der Waals surface area contributed by atoms with Crippen molar-refractivity contribution >= 4 is 11.6 Å². The second-order valence-corrected chi connectivity index (χ2v) is 10.4. The lowest BCUT2D eigenvalue weighted by atomic mass is 10.0. The third kappa shape index (κ3) is 5.56. The van der Waals surface area contributed by atoms with Crippen molar-refractivity contribution in [1.82, 2.24) is 9.97 Å². The fourth-order valence-corrected chi connectivity index (χ4v) is 5.74. The van der Waals surface area contributed by atoms with E-state index in [2.05, 4.69) is 86.0 Å². The molecule has 1 saturated heterocycles. The summed E-state index contributed by atoms with van der Waals surface area (Å²) in [7, 11) is 3.45. The third-order valence-electron chi connectivity index (χ3n) is 7.64. The van der Waals surface area contributed by atoms with Crippen molar-refractivity contribution in [1.29, 1.82) is 0 Å². The second kappa shape index (κ2) is 11.4. The van der Waals surface area contributed by atoms with Crippen molar-refractivity contribution in [3.8, 4) is 33.8 Å². The number of rotatable bonds is 6. The van der Waals surface area contributed by atoms with Crippen LogP contribution in [0, 0.1) is 27.7 Å². The minimum Gasteiger partial charge on any atom is -0.496 e. The number of aryl methyl sites for hydroxylation is 4. The summed E-state index contributed by atoms with van der Waals surface area (Å²) in [5.74, 6) is 3.95. The van der Waals surface area contributed by atoms with Crippen molar-refractivity contribution in [3.63, 3.8) is 0 Å². The molecule has 5 rings (SSSR count). The number of hydrogen-bond acceptors (Lipinski definition) is 6. The average molecular weight is 523 g/mol. The lowest BCUT2D eigenvalue weighted by Gasteiger charge is -2.24. The van der Waals surface area contributed by atoms with Crippen LogP contribution in [0.25, 0.3) is 22.3 Å². The van der Waals surface area contributed by atoms with Crippen LogP contribution < -0.4 is 19.3 Å².